The molecule has 3 heterocycles. The number of benzene rings is 3. The number of piperazine rings is 1. The number of carbonyl (C=O) groups excluding carboxylic acids is 5. The summed E-state index contributed by atoms with van der Waals surface area (Å²) in [5.74, 6) is -3.85. The number of halogens is 3. The summed E-state index contributed by atoms with van der Waals surface area (Å²) in [5.41, 5.74) is 1.21. The molecule has 0 radical (unpaired) electrons. The average Bonchev–Trinajstić information content (AvgIpc) is 3.26. The largest absolute Gasteiger partial charge is 0.410 e. The third-order valence-corrected chi connectivity index (χ3v) is 8.33. The van der Waals surface area contributed by atoms with E-state index in [9.17, 15) is 37.1 Å². The first-order valence-electron chi connectivity index (χ1n) is 14.1. The number of amides is 5. The Balaban J connectivity index is 1.27. The van der Waals surface area contributed by atoms with E-state index in [-0.39, 0.29) is 42.6 Å². The van der Waals surface area contributed by atoms with Crippen LogP contribution in [0.2, 0.25) is 0 Å². The van der Waals surface area contributed by atoms with E-state index in [1.807, 2.05) is 60.7 Å². The summed E-state index contributed by atoms with van der Waals surface area (Å²) >= 11 is 0. The predicted octanol–water partition coefficient (Wildman–Crippen LogP) is 3.57. The fourth-order valence-electron chi connectivity index (χ4n) is 6.22. The molecule has 0 aliphatic carbocycles. The molecule has 2 fully saturated rings. The molecule has 1 N–H and O–H groups in total. The van der Waals surface area contributed by atoms with Crippen LogP contribution >= 0.6 is 0 Å². The lowest BCUT2D eigenvalue weighted by molar-refractivity contribution is -0.190. The maximum absolute atomic E-state index is 14.6. The number of hydrogen-bond donors (Lipinski definition) is 1. The van der Waals surface area contributed by atoms with Crippen molar-refractivity contribution in [3.05, 3.63) is 107 Å². The molecule has 6 rings (SSSR count). The molecule has 2 atom stereocenters. The zero-order chi connectivity index (χ0) is 31.2. The molecule has 226 valence electrons. The number of alkyl halides is 3. The first-order valence-corrected chi connectivity index (χ1v) is 14.1. The second-order valence-corrected chi connectivity index (χ2v) is 11.0. The average molecular weight is 605 g/mol. The van der Waals surface area contributed by atoms with E-state index in [1.165, 1.54) is 12.1 Å². The van der Waals surface area contributed by atoms with Crippen LogP contribution < -0.4 is 5.32 Å². The molecule has 2 unspecified atom stereocenters. The van der Waals surface area contributed by atoms with Crippen LogP contribution in [0.15, 0.2) is 78.9 Å². The molecule has 3 aromatic rings. The van der Waals surface area contributed by atoms with Crippen LogP contribution in [0.1, 0.15) is 61.1 Å². The van der Waals surface area contributed by atoms with E-state index >= 15 is 0 Å². The molecule has 12 heteroatoms. The van der Waals surface area contributed by atoms with Crippen molar-refractivity contribution in [2.24, 2.45) is 0 Å². The first-order chi connectivity index (χ1) is 21.0. The van der Waals surface area contributed by atoms with Gasteiger partial charge in [-0.2, -0.15) is 13.2 Å². The van der Waals surface area contributed by atoms with E-state index in [4.69, 9.17) is 0 Å². The van der Waals surface area contributed by atoms with Crippen molar-refractivity contribution in [3.63, 3.8) is 0 Å². The third kappa shape index (κ3) is 5.25. The second kappa shape index (κ2) is 11.3. The van der Waals surface area contributed by atoms with Gasteiger partial charge in [0.15, 0.2) is 0 Å². The van der Waals surface area contributed by atoms with E-state index < -0.39 is 60.4 Å². The van der Waals surface area contributed by atoms with Gasteiger partial charge in [-0.3, -0.25) is 39.1 Å². The zero-order valence-corrected chi connectivity index (χ0v) is 23.3. The summed E-state index contributed by atoms with van der Waals surface area (Å²) in [7, 11) is 0. The maximum Gasteiger partial charge on any atom is 0.410 e. The van der Waals surface area contributed by atoms with Crippen LogP contribution in [0, 0.1) is 0 Å². The van der Waals surface area contributed by atoms with Gasteiger partial charge >= 0.3 is 6.18 Å². The van der Waals surface area contributed by atoms with Crippen molar-refractivity contribution < 1.29 is 37.1 Å². The molecular formula is C32H27F3N4O5. The van der Waals surface area contributed by atoms with Crippen molar-refractivity contribution in [1.82, 2.24) is 20.0 Å². The van der Waals surface area contributed by atoms with E-state index in [2.05, 4.69) is 5.32 Å². The molecule has 0 saturated carbocycles. The summed E-state index contributed by atoms with van der Waals surface area (Å²) in [6, 6.07) is 18.1. The van der Waals surface area contributed by atoms with Gasteiger partial charge in [-0.05, 0) is 35.7 Å². The monoisotopic (exact) mass is 604 g/mol. The molecule has 0 spiro atoms. The van der Waals surface area contributed by atoms with Crippen LogP contribution in [0.5, 0.6) is 0 Å². The Kier molecular flexibility index (Phi) is 7.54. The van der Waals surface area contributed by atoms with Crippen molar-refractivity contribution in [1.29, 1.82) is 0 Å². The van der Waals surface area contributed by atoms with Crippen molar-refractivity contribution in [2.45, 2.75) is 37.1 Å². The van der Waals surface area contributed by atoms with Gasteiger partial charge in [0.2, 0.25) is 11.8 Å². The van der Waals surface area contributed by atoms with Crippen molar-refractivity contribution in [3.8, 4) is 0 Å². The molecule has 3 aliphatic heterocycles. The first kappa shape index (κ1) is 29.2. The van der Waals surface area contributed by atoms with Gasteiger partial charge in [-0.15, -0.1) is 0 Å². The topological polar surface area (TPSA) is 107 Å². The fourth-order valence-corrected chi connectivity index (χ4v) is 6.22. The van der Waals surface area contributed by atoms with Crippen LogP contribution in [0.4, 0.5) is 13.2 Å². The highest BCUT2D eigenvalue weighted by atomic mass is 19.4. The summed E-state index contributed by atoms with van der Waals surface area (Å²) in [5, 5.41) is 2.10. The quantitative estimate of drug-likeness (QED) is 0.447. The molecule has 2 saturated heterocycles. The Morgan fingerprint density at radius 3 is 2.02 bits per heavy atom. The summed E-state index contributed by atoms with van der Waals surface area (Å²) in [6.45, 7) is -0.556. The Hall–Kier alpha value is -4.84. The highest BCUT2D eigenvalue weighted by Crippen LogP contribution is 2.36. The molecule has 3 aromatic carbocycles. The Morgan fingerprint density at radius 1 is 0.818 bits per heavy atom. The standard InChI is InChI=1S/C32H27F3N4O5/c33-32(34,35)25-18-37(27(19-7-3-1-4-8-19)20-9-5-2-6-10-20)15-16-38(25)29(42)21-11-12-22-23(17-21)31(44)39(30(22)43)24-13-14-26(40)36-28(24)41/h1-12,17,24-25,27H,13-16,18H2,(H,36,40,41). The molecule has 3 aliphatic rings. The number of nitrogens with one attached hydrogen (secondary N) is 1. The summed E-state index contributed by atoms with van der Waals surface area (Å²) in [6.07, 6.45) is -4.86. The van der Waals surface area contributed by atoms with E-state index in [0.717, 1.165) is 27.0 Å². The van der Waals surface area contributed by atoms with E-state index in [1.54, 1.807) is 4.90 Å². The van der Waals surface area contributed by atoms with E-state index in [0.29, 0.717) is 0 Å². The fraction of sp³-hybridized carbons (Fsp3) is 0.281. The van der Waals surface area contributed by atoms with Gasteiger partial charge in [-0.25, -0.2) is 0 Å². The maximum atomic E-state index is 14.6. The molecule has 0 bridgehead atoms. The number of hydrogen-bond acceptors (Lipinski definition) is 6. The second-order valence-electron chi connectivity index (χ2n) is 11.0. The van der Waals surface area contributed by atoms with Crippen LogP contribution in [-0.4, -0.2) is 82.1 Å². The normalized spacial score (nSPS) is 21.1. The minimum absolute atomic E-state index is 0.0492. The number of imide groups is 2. The lowest BCUT2D eigenvalue weighted by Gasteiger charge is -2.45. The Bertz CT molecular complexity index is 1610. The molecule has 44 heavy (non-hydrogen) atoms. The number of carbonyl (C=O) groups is 5. The van der Waals surface area contributed by atoms with Gasteiger partial charge in [0, 0.05) is 31.6 Å². The van der Waals surface area contributed by atoms with Crippen LogP contribution in [0.25, 0.3) is 0 Å². The minimum Gasteiger partial charge on any atom is -0.324 e. The molecule has 5 amide bonds. The summed E-state index contributed by atoms with van der Waals surface area (Å²) < 4.78 is 43.7. The summed E-state index contributed by atoms with van der Waals surface area (Å²) in [4.78, 5) is 67.0. The SMILES string of the molecule is O=C1CCC(N2C(=O)c3ccc(C(=O)N4CCN(C(c5ccccc5)c5ccccc5)CC4C(F)(F)F)cc3C2=O)C(=O)N1. The number of rotatable bonds is 5. The smallest absolute Gasteiger partial charge is 0.324 e. The number of piperidine rings is 1. The van der Waals surface area contributed by atoms with Crippen LogP contribution in [0.3, 0.4) is 0 Å². The third-order valence-electron chi connectivity index (χ3n) is 8.33. The molecule has 0 aromatic heterocycles. The number of nitrogens with zero attached hydrogens (tertiary/aromatic N) is 3. The lowest BCUT2D eigenvalue weighted by atomic mass is 9.95. The highest BCUT2D eigenvalue weighted by Gasteiger charge is 2.50. The number of fused-ring (bicyclic) bond motifs is 1. The Morgan fingerprint density at radius 2 is 1.43 bits per heavy atom. The van der Waals surface area contributed by atoms with Gasteiger partial charge in [-0.1, -0.05) is 60.7 Å². The van der Waals surface area contributed by atoms with Gasteiger partial charge in [0.25, 0.3) is 17.7 Å². The highest BCUT2D eigenvalue weighted by molar-refractivity contribution is 6.24. The predicted molar refractivity (Wildman–Crippen MR) is 150 cm³/mol. The van der Waals surface area contributed by atoms with Gasteiger partial charge < -0.3 is 4.90 Å². The molecule has 9 nitrogen and oxygen atoms in total. The molecular weight excluding hydrogens is 577 g/mol. The zero-order valence-electron chi connectivity index (χ0n) is 23.3. The Labute approximate surface area is 250 Å². The van der Waals surface area contributed by atoms with Crippen molar-refractivity contribution in [2.75, 3.05) is 19.6 Å². The van der Waals surface area contributed by atoms with Crippen molar-refractivity contribution >= 4 is 29.5 Å². The minimum atomic E-state index is -4.75. The van der Waals surface area contributed by atoms with Gasteiger partial charge in [0.05, 0.1) is 17.2 Å². The lowest BCUT2D eigenvalue weighted by Crippen LogP contribution is -2.61. The van der Waals surface area contributed by atoms with Gasteiger partial charge in [0.1, 0.15) is 12.1 Å². The van der Waals surface area contributed by atoms with Crippen LogP contribution in [-0.2, 0) is 9.59 Å².